The van der Waals surface area contributed by atoms with E-state index in [9.17, 15) is 4.79 Å². The van der Waals surface area contributed by atoms with Gasteiger partial charge in [-0.1, -0.05) is 12.1 Å². The third-order valence-corrected chi connectivity index (χ3v) is 3.93. The largest absolute Gasteiger partial charge is 0.491 e. The summed E-state index contributed by atoms with van der Waals surface area (Å²) in [5.74, 6) is 0.828. The molecule has 3 rings (SSSR count). The molecule has 0 saturated heterocycles. The smallest absolute Gasteiger partial charge is 0.159 e. The van der Waals surface area contributed by atoms with Crippen molar-refractivity contribution in [2.75, 3.05) is 26.4 Å². The lowest BCUT2D eigenvalue weighted by molar-refractivity contribution is 0.0705. The van der Waals surface area contributed by atoms with Gasteiger partial charge in [-0.05, 0) is 48.9 Å². The summed E-state index contributed by atoms with van der Waals surface area (Å²) in [7, 11) is 0. The molecule has 0 aliphatic carbocycles. The quantitative estimate of drug-likeness (QED) is 0.487. The molecule has 130 valence electrons. The van der Waals surface area contributed by atoms with Gasteiger partial charge in [0.1, 0.15) is 12.4 Å². The van der Waals surface area contributed by atoms with Crippen LogP contribution in [0.2, 0.25) is 0 Å². The zero-order chi connectivity index (χ0) is 17.6. The Labute approximate surface area is 146 Å². The highest BCUT2D eigenvalue weighted by molar-refractivity contribution is 5.98. The minimum atomic E-state index is 0.0209. The molecule has 0 radical (unpaired) electrons. The second-order valence-corrected chi connectivity index (χ2v) is 5.75. The molecule has 5 heteroatoms. The monoisotopic (exact) mass is 339 g/mol. The number of benzene rings is 2. The number of fused-ring (bicyclic) bond motifs is 1. The van der Waals surface area contributed by atoms with Crippen LogP contribution in [0.25, 0.3) is 22.2 Å². The Bertz CT molecular complexity index is 852. The lowest BCUT2D eigenvalue weighted by Crippen LogP contribution is -2.08. The number of nitrogens with one attached hydrogen (secondary N) is 1. The number of Topliss-reactive ketones (excluding diaryl/α,β-unsaturated/α-hetero) is 1. The Hall–Kier alpha value is -2.63. The number of aromatic amines is 1. The second-order valence-electron chi connectivity index (χ2n) is 5.75. The normalized spacial score (nSPS) is 11.0. The molecule has 3 aromatic rings. The topological polar surface area (TPSA) is 71.6 Å². The number of carbonyl (C=O) groups excluding carboxylic acids is 1. The third kappa shape index (κ3) is 4.26. The SMILES string of the molecule is CC(=O)c1ccc2cc(-c3ccc(OCCOCCO)cc3)[nH]c2c1. The highest BCUT2D eigenvalue weighted by Crippen LogP contribution is 2.26. The van der Waals surface area contributed by atoms with E-state index in [1.165, 1.54) is 0 Å². The summed E-state index contributed by atoms with van der Waals surface area (Å²) in [5.41, 5.74) is 3.69. The number of H-pyrrole nitrogens is 1. The van der Waals surface area contributed by atoms with Gasteiger partial charge in [0.05, 0.1) is 19.8 Å². The molecule has 0 aliphatic rings. The van der Waals surface area contributed by atoms with Crippen molar-refractivity contribution in [3.63, 3.8) is 0 Å². The summed E-state index contributed by atoms with van der Waals surface area (Å²) in [4.78, 5) is 14.9. The average molecular weight is 339 g/mol. The van der Waals surface area contributed by atoms with Crippen molar-refractivity contribution < 1.29 is 19.4 Å². The summed E-state index contributed by atoms with van der Waals surface area (Å²) in [6, 6.07) is 15.5. The zero-order valence-corrected chi connectivity index (χ0v) is 14.1. The summed E-state index contributed by atoms with van der Waals surface area (Å²) in [6.07, 6.45) is 0. The molecule has 2 N–H and O–H groups in total. The van der Waals surface area contributed by atoms with Gasteiger partial charge in [0, 0.05) is 22.2 Å². The van der Waals surface area contributed by atoms with Crippen LogP contribution in [0.3, 0.4) is 0 Å². The molecule has 2 aromatic carbocycles. The van der Waals surface area contributed by atoms with Gasteiger partial charge >= 0.3 is 0 Å². The molecule has 1 heterocycles. The highest BCUT2D eigenvalue weighted by atomic mass is 16.5. The minimum Gasteiger partial charge on any atom is -0.491 e. The van der Waals surface area contributed by atoms with E-state index in [4.69, 9.17) is 14.6 Å². The van der Waals surface area contributed by atoms with Crippen molar-refractivity contribution in [2.45, 2.75) is 6.92 Å². The van der Waals surface area contributed by atoms with Crippen LogP contribution in [-0.2, 0) is 4.74 Å². The Morgan fingerprint density at radius 1 is 1.04 bits per heavy atom. The van der Waals surface area contributed by atoms with Gasteiger partial charge in [0.25, 0.3) is 0 Å². The van der Waals surface area contributed by atoms with Gasteiger partial charge in [0.2, 0.25) is 0 Å². The Balaban J connectivity index is 1.69. The molecule has 5 nitrogen and oxygen atoms in total. The lowest BCUT2D eigenvalue weighted by Gasteiger charge is -2.07. The van der Waals surface area contributed by atoms with Gasteiger partial charge in [0.15, 0.2) is 5.78 Å². The molecule has 0 amide bonds. The van der Waals surface area contributed by atoms with E-state index in [-0.39, 0.29) is 12.4 Å². The maximum absolute atomic E-state index is 11.5. The number of rotatable bonds is 8. The number of carbonyl (C=O) groups is 1. The maximum atomic E-state index is 11.5. The maximum Gasteiger partial charge on any atom is 0.159 e. The van der Waals surface area contributed by atoms with E-state index in [0.717, 1.165) is 27.9 Å². The first-order chi connectivity index (χ1) is 12.2. The first kappa shape index (κ1) is 17.2. The summed E-state index contributed by atoms with van der Waals surface area (Å²) >= 11 is 0. The van der Waals surface area contributed by atoms with Crippen LogP contribution in [-0.4, -0.2) is 42.3 Å². The van der Waals surface area contributed by atoms with Crippen LogP contribution < -0.4 is 4.74 Å². The molecule has 0 aliphatic heterocycles. The number of hydrogen-bond acceptors (Lipinski definition) is 4. The first-order valence-electron chi connectivity index (χ1n) is 8.23. The summed E-state index contributed by atoms with van der Waals surface area (Å²) in [5, 5.41) is 9.70. The predicted molar refractivity (Wildman–Crippen MR) is 97.1 cm³/mol. The molecule has 0 spiro atoms. The molecule has 0 fully saturated rings. The first-order valence-corrected chi connectivity index (χ1v) is 8.23. The molecule has 0 atom stereocenters. The van der Waals surface area contributed by atoms with E-state index in [1.54, 1.807) is 6.92 Å². The summed E-state index contributed by atoms with van der Waals surface area (Å²) < 4.78 is 10.7. The Morgan fingerprint density at radius 2 is 1.84 bits per heavy atom. The van der Waals surface area contributed by atoms with Crippen molar-refractivity contribution in [3.05, 3.63) is 54.1 Å². The van der Waals surface area contributed by atoms with Gasteiger partial charge in [-0.3, -0.25) is 4.79 Å². The van der Waals surface area contributed by atoms with Crippen molar-refractivity contribution in [2.24, 2.45) is 0 Å². The van der Waals surface area contributed by atoms with E-state index in [1.807, 2.05) is 42.5 Å². The van der Waals surface area contributed by atoms with Crippen molar-refractivity contribution in [1.82, 2.24) is 4.98 Å². The van der Waals surface area contributed by atoms with Gasteiger partial charge in [-0.15, -0.1) is 0 Å². The fraction of sp³-hybridized carbons (Fsp3) is 0.250. The van der Waals surface area contributed by atoms with E-state index < -0.39 is 0 Å². The van der Waals surface area contributed by atoms with Crippen LogP contribution >= 0.6 is 0 Å². The fourth-order valence-electron chi connectivity index (χ4n) is 2.62. The Kier molecular flexibility index (Phi) is 5.48. The van der Waals surface area contributed by atoms with Crippen LogP contribution in [0.4, 0.5) is 0 Å². The minimum absolute atomic E-state index is 0.0209. The predicted octanol–water partition coefficient (Wildman–Crippen LogP) is 3.43. The molecular formula is C20H21NO4. The van der Waals surface area contributed by atoms with Gasteiger partial charge < -0.3 is 19.6 Å². The van der Waals surface area contributed by atoms with E-state index >= 15 is 0 Å². The van der Waals surface area contributed by atoms with Crippen molar-refractivity contribution in [3.8, 4) is 17.0 Å². The van der Waals surface area contributed by atoms with Crippen LogP contribution in [0.15, 0.2) is 48.5 Å². The number of aromatic nitrogens is 1. The summed E-state index contributed by atoms with van der Waals surface area (Å²) in [6.45, 7) is 2.81. The lowest BCUT2D eigenvalue weighted by atomic mass is 10.1. The molecule has 25 heavy (non-hydrogen) atoms. The highest BCUT2D eigenvalue weighted by Gasteiger charge is 2.06. The zero-order valence-electron chi connectivity index (χ0n) is 14.1. The second kappa shape index (κ2) is 7.96. The number of aliphatic hydroxyl groups is 1. The Morgan fingerprint density at radius 3 is 2.56 bits per heavy atom. The average Bonchev–Trinajstić information content (AvgIpc) is 3.05. The van der Waals surface area contributed by atoms with E-state index in [0.29, 0.717) is 25.4 Å². The molecule has 0 saturated carbocycles. The number of hydrogen-bond donors (Lipinski definition) is 2. The van der Waals surface area contributed by atoms with Crippen LogP contribution in [0.1, 0.15) is 17.3 Å². The number of ketones is 1. The molecule has 1 aromatic heterocycles. The molecule has 0 bridgehead atoms. The van der Waals surface area contributed by atoms with Gasteiger partial charge in [-0.25, -0.2) is 0 Å². The van der Waals surface area contributed by atoms with E-state index in [2.05, 4.69) is 11.1 Å². The fourth-order valence-corrected chi connectivity index (χ4v) is 2.62. The van der Waals surface area contributed by atoms with Crippen molar-refractivity contribution in [1.29, 1.82) is 0 Å². The van der Waals surface area contributed by atoms with Gasteiger partial charge in [-0.2, -0.15) is 0 Å². The number of ether oxygens (including phenoxy) is 2. The standard InChI is InChI=1S/C20H21NO4/c1-14(23)16-2-3-17-13-19(21-20(17)12-16)15-4-6-18(7-5-15)25-11-10-24-9-8-22/h2-7,12-13,21-22H,8-11H2,1H3. The molecular weight excluding hydrogens is 318 g/mol. The number of aliphatic hydroxyl groups excluding tert-OH is 1. The third-order valence-electron chi connectivity index (χ3n) is 3.93. The molecule has 0 unspecified atom stereocenters. The van der Waals surface area contributed by atoms with Crippen LogP contribution in [0.5, 0.6) is 5.75 Å². The van der Waals surface area contributed by atoms with Crippen LogP contribution in [0, 0.1) is 0 Å². The van der Waals surface area contributed by atoms with Crippen molar-refractivity contribution >= 4 is 16.7 Å².